The molecule has 0 saturated carbocycles. The summed E-state index contributed by atoms with van der Waals surface area (Å²) in [5, 5.41) is 2.55. The summed E-state index contributed by atoms with van der Waals surface area (Å²) in [6, 6.07) is 6.93. The van der Waals surface area contributed by atoms with Crippen LogP contribution >= 0.6 is 15.9 Å². The van der Waals surface area contributed by atoms with Gasteiger partial charge in [0, 0.05) is 16.6 Å². The molecule has 1 N–H and O–H groups in total. The molecule has 1 amide bonds. The molecule has 0 spiro atoms. The van der Waals surface area contributed by atoms with E-state index < -0.39 is 34.4 Å². The van der Waals surface area contributed by atoms with E-state index in [-0.39, 0.29) is 11.5 Å². The summed E-state index contributed by atoms with van der Waals surface area (Å²) in [5.41, 5.74) is 0.825. The number of sulfone groups is 1. The van der Waals surface area contributed by atoms with E-state index in [0.717, 1.165) is 10.0 Å². The van der Waals surface area contributed by atoms with Crippen LogP contribution in [0, 0.1) is 0 Å². The lowest BCUT2D eigenvalue weighted by molar-refractivity contribution is -0.143. The molecule has 0 unspecified atom stereocenters. The van der Waals surface area contributed by atoms with Crippen molar-refractivity contribution >= 4 is 43.7 Å². The fourth-order valence-electron chi connectivity index (χ4n) is 2.10. The van der Waals surface area contributed by atoms with Gasteiger partial charge in [0.2, 0.25) is 0 Å². The second kappa shape index (κ2) is 7.74. The Bertz CT molecular complexity index is 712. The zero-order chi connectivity index (χ0) is 16.9. The van der Waals surface area contributed by atoms with Gasteiger partial charge in [-0.2, -0.15) is 0 Å². The molecule has 0 aliphatic carbocycles. The number of halogens is 1. The highest BCUT2D eigenvalue weighted by Gasteiger charge is 2.28. The Kier molecular flexibility index (Phi) is 5.95. The summed E-state index contributed by atoms with van der Waals surface area (Å²) in [4.78, 5) is 23.1. The number of nitrogens with one attached hydrogen (secondary N) is 1. The second-order valence-electron chi connectivity index (χ2n) is 5.16. The quantitative estimate of drug-likeness (QED) is 0.593. The van der Waals surface area contributed by atoms with Crippen LogP contribution in [0.2, 0.25) is 0 Å². The molecule has 23 heavy (non-hydrogen) atoms. The minimum atomic E-state index is -3.05. The number of carbonyl (C=O) groups is 2. The van der Waals surface area contributed by atoms with E-state index in [9.17, 15) is 18.0 Å². The van der Waals surface area contributed by atoms with Gasteiger partial charge in [-0.15, -0.1) is 0 Å². The topological polar surface area (TPSA) is 89.5 Å². The normalized spacial score (nSPS) is 19.6. The summed E-state index contributed by atoms with van der Waals surface area (Å²) in [5.74, 6) is -1.12. The van der Waals surface area contributed by atoms with E-state index in [1.807, 2.05) is 24.3 Å². The zero-order valence-electron chi connectivity index (χ0n) is 12.2. The van der Waals surface area contributed by atoms with Crippen LogP contribution in [0.5, 0.6) is 0 Å². The number of esters is 1. The number of rotatable bonds is 5. The third-order valence-electron chi connectivity index (χ3n) is 3.22. The van der Waals surface area contributed by atoms with Gasteiger partial charge in [-0.3, -0.25) is 4.79 Å². The highest BCUT2D eigenvalue weighted by atomic mass is 79.9. The molecule has 124 valence electrons. The lowest BCUT2D eigenvalue weighted by Crippen LogP contribution is -2.38. The molecule has 6 nitrogen and oxygen atoms in total. The molecule has 1 atom stereocenters. The summed E-state index contributed by atoms with van der Waals surface area (Å²) >= 11 is 3.31. The van der Waals surface area contributed by atoms with Gasteiger partial charge in [-0.05, 0) is 30.2 Å². The SMILES string of the molecule is O=C(COC(=O)/C=C/c1ccc(Br)cc1)N[C@H]1CCS(=O)(=O)C1. The average molecular weight is 402 g/mol. The lowest BCUT2D eigenvalue weighted by Gasteiger charge is -2.10. The molecular weight excluding hydrogens is 386 g/mol. The molecule has 0 radical (unpaired) electrons. The maximum absolute atomic E-state index is 11.6. The van der Waals surface area contributed by atoms with Crippen LogP contribution in [0.4, 0.5) is 0 Å². The van der Waals surface area contributed by atoms with Crippen LogP contribution in [0.3, 0.4) is 0 Å². The molecule has 1 saturated heterocycles. The van der Waals surface area contributed by atoms with E-state index in [4.69, 9.17) is 4.74 Å². The molecule has 8 heteroatoms. The molecular formula is C15H16BrNO5S. The van der Waals surface area contributed by atoms with E-state index >= 15 is 0 Å². The Morgan fingerprint density at radius 3 is 2.61 bits per heavy atom. The van der Waals surface area contributed by atoms with Crippen LogP contribution in [0.15, 0.2) is 34.8 Å². The first-order valence-electron chi connectivity index (χ1n) is 6.94. The van der Waals surface area contributed by atoms with Crippen molar-refractivity contribution < 1.29 is 22.7 Å². The number of amides is 1. The number of benzene rings is 1. The average Bonchev–Trinajstić information content (AvgIpc) is 2.83. The van der Waals surface area contributed by atoms with Crippen LogP contribution < -0.4 is 5.32 Å². The van der Waals surface area contributed by atoms with Gasteiger partial charge in [-0.25, -0.2) is 13.2 Å². The molecule has 1 heterocycles. The maximum atomic E-state index is 11.6. The van der Waals surface area contributed by atoms with Crippen LogP contribution in [0.25, 0.3) is 6.08 Å². The summed E-state index contributed by atoms with van der Waals surface area (Å²) in [7, 11) is -3.05. The van der Waals surface area contributed by atoms with Crippen molar-refractivity contribution in [2.75, 3.05) is 18.1 Å². The Labute approximate surface area is 142 Å². The molecule has 0 aromatic heterocycles. The molecule has 1 fully saturated rings. The van der Waals surface area contributed by atoms with Crippen molar-refractivity contribution in [3.8, 4) is 0 Å². The van der Waals surface area contributed by atoms with Crippen molar-refractivity contribution in [2.24, 2.45) is 0 Å². The molecule has 1 aliphatic heterocycles. The van der Waals surface area contributed by atoms with Gasteiger partial charge >= 0.3 is 5.97 Å². The first kappa shape index (κ1) is 17.7. The monoisotopic (exact) mass is 401 g/mol. The van der Waals surface area contributed by atoms with Crippen molar-refractivity contribution in [1.29, 1.82) is 0 Å². The van der Waals surface area contributed by atoms with Gasteiger partial charge in [0.25, 0.3) is 5.91 Å². The van der Waals surface area contributed by atoms with Crippen molar-refractivity contribution in [3.05, 3.63) is 40.4 Å². The van der Waals surface area contributed by atoms with Gasteiger partial charge < -0.3 is 10.1 Å². The fraction of sp³-hybridized carbons (Fsp3) is 0.333. The van der Waals surface area contributed by atoms with Gasteiger partial charge in [-0.1, -0.05) is 28.1 Å². The predicted molar refractivity (Wildman–Crippen MR) is 89.3 cm³/mol. The third-order valence-corrected chi connectivity index (χ3v) is 5.52. The van der Waals surface area contributed by atoms with E-state index in [1.54, 1.807) is 6.08 Å². The van der Waals surface area contributed by atoms with E-state index in [1.165, 1.54) is 6.08 Å². The number of hydrogen-bond donors (Lipinski definition) is 1. The minimum absolute atomic E-state index is 0.0594. The largest absolute Gasteiger partial charge is 0.452 e. The highest BCUT2D eigenvalue weighted by Crippen LogP contribution is 2.12. The molecule has 0 bridgehead atoms. The van der Waals surface area contributed by atoms with E-state index in [2.05, 4.69) is 21.2 Å². The van der Waals surface area contributed by atoms with Gasteiger partial charge in [0.15, 0.2) is 16.4 Å². The van der Waals surface area contributed by atoms with Crippen molar-refractivity contribution in [3.63, 3.8) is 0 Å². The Hall–Kier alpha value is -1.67. The summed E-state index contributed by atoms with van der Waals surface area (Å²) in [6.07, 6.45) is 3.21. The van der Waals surface area contributed by atoms with E-state index in [0.29, 0.717) is 6.42 Å². The number of ether oxygens (including phenoxy) is 1. The molecule has 1 aromatic rings. The lowest BCUT2D eigenvalue weighted by atomic mass is 10.2. The standard InChI is InChI=1S/C15H16BrNO5S/c16-12-4-1-11(2-5-12)3-6-15(19)22-9-14(18)17-13-7-8-23(20,21)10-13/h1-6,13H,7-10H2,(H,17,18)/b6-3+/t13-/m0/s1. The first-order chi connectivity index (χ1) is 10.8. The van der Waals surface area contributed by atoms with Gasteiger partial charge in [0.05, 0.1) is 11.5 Å². The van der Waals surface area contributed by atoms with Gasteiger partial charge in [0.1, 0.15) is 0 Å². The number of carbonyl (C=O) groups excluding carboxylic acids is 2. The van der Waals surface area contributed by atoms with Crippen molar-refractivity contribution in [2.45, 2.75) is 12.5 Å². The Morgan fingerprint density at radius 2 is 2.00 bits per heavy atom. The van der Waals surface area contributed by atoms with Crippen molar-refractivity contribution in [1.82, 2.24) is 5.32 Å². The second-order valence-corrected chi connectivity index (χ2v) is 8.30. The van der Waals surface area contributed by atoms with Crippen LogP contribution in [-0.4, -0.2) is 44.4 Å². The number of hydrogen-bond acceptors (Lipinski definition) is 5. The minimum Gasteiger partial charge on any atom is -0.452 e. The summed E-state index contributed by atoms with van der Waals surface area (Å²) in [6.45, 7) is -0.430. The maximum Gasteiger partial charge on any atom is 0.331 e. The third kappa shape index (κ3) is 6.15. The fourth-order valence-corrected chi connectivity index (χ4v) is 4.04. The Balaban J connectivity index is 1.73. The van der Waals surface area contributed by atoms with Crippen LogP contribution in [0.1, 0.15) is 12.0 Å². The van der Waals surface area contributed by atoms with Crippen LogP contribution in [-0.2, 0) is 24.2 Å². The molecule has 1 aliphatic rings. The predicted octanol–water partition coefficient (Wildman–Crippen LogP) is 1.31. The molecule has 2 rings (SSSR count). The molecule has 1 aromatic carbocycles. The smallest absolute Gasteiger partial charge is 0.331 e. The summed E-state index contributed by atoms with van der Waals surface area (Å²) < 4.78 is 28.3. The Morgan fingerprint density at radius 1 is 1.30 bits per heavy atom. The highest BCUT2D eigenvalue weighted by molar-refractivity contribution is 9.10. The first-order valence-corrected chi connectivity index (χ1v) is 9.56. The zero-order valence-corrected chi connectivity index (χ0v) is 14.6.